The van der Waals surface area contributed by atoms with Crippen molar-refractivity contribution in [1.29, 1.82) is 0 Å². The number of pyridine rings is 1. The normalized spacial score (nSPS) is 10.0. The number of hydrogen-bond donors (Lipinski definition) is 0. The second-order valence-electron chi connectivity index (χ2n) is 3.59. The highest BCUT2D eigenvalue weighted by Crippen LogP contribution is 2.27. The van der Waals surface area contributed by atoms with Crippen molar-refractivity contribution in [1.82, 2.24) is 4.98 Å². The SMILES string of the molecule is Cc1ccc(Oc2ncc(C=O)cc2Cl)cc1. The number of aryl methyl sites for hydroxylation is 1. The Kier molecular flexibility index (Phi) is 3.40. The van der Waals surface area contributed by atoms with E-state index in [2.05, 4.69) is 4.98 Å². The number of aldehydes is 1. The van der Waals surface area contributed by atoms with E-state index in [4.69, 9.17) is 16.3 Å². The standard InChI is InChI=1S/C13H10ClNO2/c1-9-2-4-11(5-3-9)17-13-12(14)6-10(8-16)7-15-13/h2-8H,1H3. The van der Waals surface area contributed by atoms with Crippen LogP contribution >= 0.6 is 11.6 Å². The van der Waals surface area contributed by atoms with Gasteiger partial charge in [-0.3, -0.25) is 4.79 Å². The van der Waals surface area contributed by atoms with Crippen LogP contribution in [0, 0.1) is 6.92 Å². The van der Waals surface area contributed by atoms with E-state index in [1.807, 2.05) is 31.2 Å². The van der Waals surface area contributed by atoms with Crippen molar-refractivity contribution < 1.29 is 9.53 Å². The topological polar surface area (TPSA) is 39.2 Å². The number of nitrogens with zero attached hydrogens (tertiary/aromatic N) is 1. The monoisotopic (exact) mass is 247 g/mol. The number of hydrogen-bond acceptors (Lipinski definition) is 3. The number of carbonyl (C=O) groups excluding carboxylic acids is 1. The summed E-state index contributed by atoms with van der Waals surface area (Å²) < 4.78 is 5.50. The lowest BCUT2D eigenvalue weighted by atomic mass is 10.2. The van der Waals surface area contributed by atoms with Crippen molar-refractivity contribution in [2.75, 3.05) is 0 Å². The Morgan fingerprint density at radius 1 is 1.29 bits per heavy atom. The summed E-state index contributed by atoms with van der Waals surface area (Å²) in [7, 11) is 0. The van der Waals surface area contributed by atoms with E-state index in [0.717, 1.165) is 5.56 Å². The van der Waals surface area contributed by atoms with Crippen molar-refractivity contribution >= 4 is 17.9 Å². The number of aromatic nitrogens is 1. The lowest BCUT2D eigenvalue weighted by Crippen LogP contribution is -1.91. The number of benzene rings is 1. The fourth-order valence-corrected chi connectivity index (χ4v) is 1.51. The maximum Gasteiger partial charge on any atom is 0.238 e. The molecular formula is C13H10ClNO2. The van der Waals surface area contributed by atoms with E-state index in [1.165, 1.54) is 12.3 Å². The van der Waals surface area contributed by atoms with Crippen LogP contribution in [-0.2, 0) is 0 Å². The summed E-state index contributed by atoms with van der Waals surface area (Å²) in [5.41, 5.74) is 1.57. The van der Waals surface area contributed by atoms with Crippen LogP contribution in [0.4, 0.5) is 0 Å². The van der Waals surface area contributed by atoms with Crippen molar-refractivity contribution in [2.24, 2.45) is 0 Å². The maximum atomic E-state index is 10.5. The predicted molar refractivity (Wildman–Crippen MR) is 65.9 cm³/mol. The lowest BCUT2D eigenvalue weighted by molar-refractivity contribution is 0.112. The van der Waals surface area contributed by atoms with Crippen LogP contribution in [0.2, 0.25) is 5.02 Å². The van der Waals surface area contributed by atoms with Crippen LogP contribution in [0.15, 0.2) is 36.5 Å². The number of ether oxygens (including phenoxy) is 1. The molecule has 3 nitrogen and oxygen atoms in total. The second kappa shape index (κ2) is 4.97. The van der Waals surface area contributed by atoms with E-state index in [-0.39, 0.29) is 0 Å². The quantitative estimate of drug-likeness (QED) is 0.777. The van der Waals surface area contributed by atoms with Crippen molar-refractivity contribution in [3.8, 4) is 11.6 Å². The Morgan fingerprint density at radius 2 is 2.00 bits per heavy atom. The van der Waals surface area contributed by atoms with Gasteiger partial charge in [-0.1, -0.05) is 29.3 Å². The van der Waals surface area contributed by atoms with Crippen LogP contribution < -0.4 is 4.74 Å². The van der Waals surface area contributed by atoms with Crippen molar-refractivity contribution in [3.63, 3.8) is 0 Å². The Balaban J connectivity index is 2.24. The van der Waals surface area contributed by atoms with Gasteiger partial charge in [0.2, 0.25) is 5.88 Å². The lowest BCUT2D eigenvalue weighted by Gasteiger charge is -2.06. The molecular weight excluding hydrogens is 238 g/mol. The average molecular weight is 248 g/mol. The van der Waals surface area contributed by atoms with Gasteiger partial charge in [0.1, 0.15) is 10.8 Å². The first-order chi connectivity index (χ1) is 8.19. The third-order valence-electron chi connectivity index (χ3n) is 2.20. The van der Waals surface area contributed by atoms with Gasteiger partial charge in [0, 0.05) is 11.8 Å². The molecule has 86 valence electrons. The third kappa shape index (κ3) is 2.82. The zero-order valence-electron chi connectivity index (χ0n) is 9.18. The second-order valence-corrected chi connectivity index (χ2v) is 4.00. The van der Waals surface area contributed by atoms with Gasteiger partial charge in [-0.2, -0.15) is 0 Å². The molecule has 0 aliphatic heterocycles. The number of rotatable bonds is 3. The Hall–Kier alpha value is -1.87. The molecule has 0 amide bonds. The summed E-state index contributed by atoms with van der Waals surface area (Å²) >= 11 is 5.94. The molecule has 0 atom stereocenters. The Morgan fingerprint density at radius 3 is 2.59 bits per heavy atom. The summed E-state index contributed by atoms with van der Waals surface area (Å²) in [6.45, 7) is 1.99. The van der Waals surface area contributed by atoms with Crippen LogP contribution in [0.3, 0.4) is 0 Å². The fraction of sp³-hybridized carbons (Fsp3) is 0.0769. The molecule has 0 aliphatic carbocycles. The molecule has 1 aromatic carbocycles. The maximum absolute atomic E-state index is 10.5. The Bertz CT molecular complexity index is 538. The van der Waals surface area contributed by atoms with Gasteiger partial charge in [0.05, 0.1) is 0 Å². The molecule has 0 bridgehead atoms. The first-order valence-corrected chi connectivity index (χ1v) is 5.42. The minimum Gasteiger partial charge on any atom is -0.438 e. The van der Waals surface area contributed by atoms with Crippen LogP contribution in [0.25, 0.3) is 0 Å². The molecule has 2 rings (SSSR count). The molecule has 0 unspecified atom stereocenters. The fourth-order valence-electron chi connectivity index (χ4n) is 1.30. The van der Waals surface area contributed by atoms with Gasteiger partial charge in [0.25, 0.3) is 0 Å². The molecule has 0 fully saturated rings. The molecule has 17 heavy (non-hydrogen) atoms. The van der Waals surface area contributed by atoms with E-state index in [1.54, 1.807) is 0 Å². The number of halogens is 1. The predicted octanol–water partition coefficient (Wildman–Crippen LogP) is 3.65. The molecule has 0 spiro atoms. The Labute approximate surface area is 104 Å². The molecule has 0 aliphatic rings. The zero-order chi connectivity index (χ0) is 12.3. The summed E-state index contributed by atoms with van der Waals surface area (Å²) in [6, 6.07) is 9.05. The van der Waals surface area contributed by atoms with Crippen LogP contribution in [0.5, 0.6) is 11.6 Å². The van der Waals surface area contributed by atoms with Crippen LogP contribution in [0.1, 0.15) is 15.9 Å². The highest BCUT2D eigenvalue weighted by Gasteiger charge is 2.05. The van der Waals surface area contributed by atoms with E-state index >= 15 is 0 Å². The first-order valence-electron chi connectivity index (χ1n) is 5.04. The average Bonchev–Trinajstić information content (AvgIpc) is 2.34. The molecule has 0 saturated heterocycles. The zero-order valence-corrected chi connectivity index (χ0v) is 9.94. The van der Waals surface area contributed by atoms with Gasteiger partial charge in [-0.15, -0.1) is 0 Å². The summed E-state index contributed by atoms with van der Waals surface area (Å²) in [4.78, 5) is 14.5. The molecule has 2 aromatic rings. The highest BCUT2D eigenvalue weighted by molar-refractivity contribution is 6.32. The molecule has 1 heterocycles. The minimum absolute atomic E-state index is 0.293. The van der Waals surface area contributed by atoms with Crippen LogP contribution in [-0.4, -0.2) is 11.3 Å². The van der Waals surface area contributed by atoms with E-state index < -0.39 is 0 Å². The van der Waals surface area contributed by atoms with Gasteiger partial charge in [0.15, 0.2) is 6.29 Å². The smallest absolute Gasteiger partial charge is 0.238 e. The molecule has 0 N–H and O–H groups in total. The first kappa shape index (κ1) is 11.6. The van der Waals surface area contributed by atoms with E-state index in [0.29, 0.717) is 28.5 Å². The minimum atomic E-state index is 0.293. The van der Waals surface area contributed by atoms with Crippen molar-refractivity contribution in [3.05, 3.63) is 52.7 Å². The highest BCUT2D eigenvalue weighted by atomic mass is 35.5. The van der Waals surface area contributed by atoms with Gasteiger partial charge in [-0.05, 0) is 25.1 Å². The van der Waals surface area contributed by atoms with Gasteiger partial charge in [-0.25, -0.2) is 4.98 Å². The molecule has 0 radical (unpaired) electrons. The van der Waals surface area contributed by atoms with Crippen molar-refractivity contribution in [2.45, 2.75) is 6.92 Å². The van der Waals surface area contributed by atoms with Gasteiger partial charge >= 0.3 is 0 Å². The summed E-state index contributed by atoms with van der Waals surface area (Å²) in [5.74, 6) is 0.949. The summed E-state index contributed by atoms with van der Waals surface area (Å²) in [5, 5.41) is 0.315. The number of carbonyl (C=O) groups is 1. The third-order valence-corrected chi connectivity index (χ3v) is 2.47. The molecule has 1 aromatic heterocycles. The summed E-state index contributed by atoms with van der Waals surface area (Å²) in [6.07, 6.45) is 2.11. The molecule has 0 saturated carbocycles. The molecule has 4 heteroatoms. The van der Waals surface area contributed by atoms with E-state index in [9.17, 15) is 4.79 Å². The van der Waals surface area contributed by atoms with Gasteiger partial charge < -0.3 is 4.74 Å². The largest absolute Gasteiger partial charge is 0.438 e.